The van der Waals surface area contributed by atoms with E-state index in [1.807, 2.05) is 0 Å². The van der Waals surface area contributed by atoms with Crippen LogP contribution in [0.1, 0.15) is 22.2 Å². The summed E-state index contributed by atoms with van der Waals surface area (Å²) in [6, 6.07) is 6.49. The highest BCUT2D eigenvalue weighted by atomic mass is 16.5. The van der Waals surface area contributed by atoms with Crippen LogP contribution in [-0.4, -0.2) is 36.9 Å². The van der Waals surface area contributed by atoms with Crippen LogP contribution in [0.15, 0.2) is 35.0 Å². The zero-order chi connectivity index (χ0) is 15.2. The Labute approximate surface area is 121 Å². The van der Waals surface area contributed by atoms with E-state index in [0.717, 1.165) is 0 Å². The molecule has 21 heavy (non-hydrogen) atoms. The van der Waals surface area contributed by atoms with E-state index in [2.05, 4.69) is 10.5 Å². The van der Waals surface area contributed by atoms with Crippen molar-refractivity contribution >= 4 is 5.91 Å². The van der Waals surface area contributed by atoms with Gasteiger partial charge in [-0.2, -0.15) is 0 Å². The summed E-state index contributed by atoms with van der Waals surface area (Å²) in [5.74, 6) is 0.733. The van der Waals surface area contributed by atoms with Gasteiger partial charge in [0.1, 0.15) is 0 Å². The van der Waals surface area contributed by atoms with Crippen molar-refractivity contribution in [3.63, 3.8) is 0 Å². The maximum atomic E-state index is 11.7. The average Bonchev–Trinajstić information content (AvgIpc) is 3.06. The van der Waals surface area contributed by atoms with Crippen molar-refractivity contribution in [3.05, 3.63) is 41.8 Å². The van der Waals surface area contributed by atoms with Gasteiger partial charge in [-0.1, -0.05) is 11.2 Å². The Bertz CT molecular complexity index is 597. The van der Waals surface area contributed by atoms with Crippen LogP contribution in [0.3, 0.4) is 0 Å². The fourth-order valence-electron chi connectivity index (χ4n) is 1.79. The number of benzene rings is 1. The second-order valence-electron chi connectivity index (χ2n) is 4.22. The number of aliphatic hydroxyl groups excluding tert-OH is 1. The molecular weight excluding hydrogens is 276 g/mol. The number of hydrogen-bond donors (Lipinski definition) is 2. The van der Waals surface area contributed by atoms with Gasteiger partial charge in [-0.25, -0.2) is 0 Å². The molecule has 1 amide bonds. The first-order valence-corrected chi connectivity index (χ1v) is 6.24. The first-order valence-electron chi connectivity index (χ1n) is 6.24. The van der Waals surface area contributed by atoms with Crippen molar-refractivity contribution in [1.29, 1.82) is 0 Å². The number of amides is 1. The molecule has 1 aromatic carbocycles. The highest BCUT2D eigenvalue weighted by Crippen LogP contribution is 2.29. The molecule has 0 saturated heterocycles. The lowest BCUT2D eigenvalue weighted by Crippen LogP contribution is -2.28. The Balaban J connectivity index is 2.00. The minimum Gasteiger partial charge on any atom is -0.493 e. The van der Waals surface area contributed by atoms with Crippen LogP contribution in [0.25, 0.3) is 0 Å². The van der Waals surface area contributed by atoms with Gasteiger partial charge in [0.2, 0.25) is 5.76 Å². The monoisotopic (exact) mass is 292 g/mol. The SMILES string of the molecule is COc1ccc(C(O)CNC(=O)c2ccno2)cc1OC. The molecule has 1 unspecified atom stereocenters. The zero-order valence-electron chi connectivity index (χ0n) is 11.7. The second-order valence-corrected chi connectivity index (χ2v) is 4.22. The Morgan fingerprint density at radius 2 is 2.10 bits per heavy atom. The van der Waals surface area contributed by atoms with Crippen molar-refractivity contribution in [1.82, 2.24) is 10.5 Å². The summed E-state index contributed by atoms with van der Waals surface area (Å²) in [6.07, 6.45) is 0.497. The van der Waals surface area contributed by atoms with Crippen LogP contribution in [0, 0.1) is 0 Å². The number of ether oxygens (including phenoxy) is 2. The van der Waals surface area contributed by atoms with E-state index in [-0.39, 0.29) is 12.3 Å². The van der Waals surface area contributed by atoms with Gasteiger partial charge in [-0.05, 0) is 17.7 Å². The third-order valence-corrected chi connectivity index (χ3v) is 2.91. The van der Waals surface area contributed by atoms with Crippen LogP contribution in [-0.2, 0) is 0 Å². The highest BCUT2D eigenvalue weighted by molar-refractivity contribution is 5.91. The fraction of sp³-hybridized carbons (Fsp3) is 0.286. The quantitative estimate of drug-likeness (QED) is 0.829. The molecule has 112 valence electrons. The van der Waals surface area contributed by atoms with E-state index in [9.17, 15) is 9.90 Å². The molecule has 2 rings (SSSR count). The molecule has 0 aliphatic heterocycles. The lowest BCUT2D eigenvalue weighted by Gasteiger charge is -2.14. The third-order valence-electron chi connectivity index (χ3n) is 2.91. The number of hydrogen-bond acceptors (Lipinski definition) is 6. The molecule has 1 atom stereocenters. The summed E-state index contributed by atoms with van der Waals surface area (Å²) in [7, 11) is 3.05. The maximum Gasteiger partial charge on any atom is 0.289 e. The van der Waals surface area contributed by atoms with Gasteiger partial charge in [0.25, 0.3) is 5.91 Å². The van der Waals surface area contributed by atoms with Gasteiger partial charge in [-0.3, -0.25) is 4.79 Å². The smallest absolute Gasteiger partial charge is 0.289 e. The molecule has 7 heteroatoms. The largest absolute Gasteiger partial charge is 0.493 e. The molecule has 0 bridgehead atoms. The normalized spacial score (nSPS) is 11.8. The standard InChI is InChI=1S/C14H16N2O5/c1-19-11-4-3-9(7-13(11)20-2)10(17)8-15-14(18)12-5-6-16-21-12/h3-7,10,17H,8H2,1-2H3,(H,15,18). The van der Waals surface area contributed by atoms with Gasteiger partial charge < -0.3 is 24.4 Å². The van der Waals surface area contributed by atoms with Crippen molar-refractivity contribution < 1.29 is 23.9 Å². The van der Waals surface area contributed by atoms with E-state index in [4.69, 9.17) is 14.0 Å². The highest BCUT2D eigenvalue weighted by Gasteiger charge is 2.15. The van der Waals surface area contributed by atoms with E-state index in [0.29, 0.717) is 17.1 Å². The van der Waals surface area contributed by atoms with E-state index < -0.39 is 12.0 Å². The summed E-state index contributed by atoms with van der Waals surface area (Å²) in [5, 5.41) is 16.1. The Hall–Kier alpha value is -2.54. The Morgan fingerprint density at radius 1 is 1.33 bits per heavy atom. The van der Waals surface area contributed by atoms with Crippen LogP contribution < -0.4 is 14.8 Å². The summed E-state index contributed by atoms with van der Waals surface area (Å²) >= 11 is 0. The van der Waals surface area contributed by atoms with Crippen molar-refractivity contribution in [3.8, 4) is 11.5 Å². The van der Waals surface area contributed by atoms with Gasteiger partial charge in [0.15, 0.2) is 11.5 Å². The molecule has 0 aliphatic rings. The van der Waals surface area contributed by atoms with Gasteiger partial charge in [0, 0.05) is 12.6 Å². The molecule has 0 radical (unpaired) electrons. The van der Waals surface area contributed by atoms with E-state index in [1.165, 1.54) is 26.5 Å². The third kappa shape index (κ3) is 3.51. The van der Waals surface area contributed by atoms with E-state index in [1.54, 1.807) is 18.2 Å². The van der Waals surface area contributed by atoms with Crippen LogP contribution in [0.5, 0.6) is 11.5 Å². The molecule has 0 fully saturated rings. The lowest BCUT2D eigenvalue weighted by atomic mass is 10.1. The molecule has 2 N–H and O–H groups in total. The molecular formula is C14H16N2O5. The number of aromatic nitrogens is 1. The molecule has 1 aromatic heterocycles. The van der Waals surface area contributed by atoms with Crippen LogP contribution in [0.2, 0.25) is 0 Å². The summed E-state index contributed by atoms with van der Waals surface area (Å²) in [6.45, 7) is 0.0367. The molecule has 0 aliphatic carbocycles. The molecule has 7 nitrogen and oxygen atoms in total. The van der Waals surface area contributed by atoms with E-state index >= 15 is 0 Å². The lowest BCUT2D eigenvalue weighted by molar-refractivity contribution is 0.0880. The van der Waals surface area contributed by atoms with Crippen molar-refractivity contribution in [2.24, 2.45) is 0 Å². The summed E-state index contributed by atoms with van der Waals surface area (Å²) < 4.78 is 15.0. The summed E-state index contributed by atoms with van der Waals surface area (Å²) in [4.78, 5) is 11.7. The van der Waals surface area contributed by atoms with Gasteiger partial charge >= 0.3 is 0 Å². The number of nitrogens with one attached hydrogen (secondary N) is 1. The maximum absolute atomic E-state index is 11.7. The van der Waals surface area contributed by atoms with Gasteiger partial charge in [-0.15, -0.1) is 0 Å². The number of methoxy groups -OCH3 is 2. The van der Waals surface area contributed by atoms with Crippen LogP contribution in [0.4, 0.5) is 0 Å². The zero-order valence-corrected chi connectivity index (χ0v) is 11.7. The Morgan fingerprint density at radius 3 is 2.71 bits per heavy atom. The number of carbonyl (C=O) groups excluding carboxylic acids is 1. The average molecular weight is 292 g/mol. The van der Waals surface area contributed by atoms with Crippen molar-refractivity contribution in [2.75, 3.05) is 20.8 Å². The Kier molecular flexibility index (Phi) is 4.78. The fourth-order valence-corrected chi connectivity index (χ4v) is 1.79. The molecule has 0 saturated carbocycles. The first kappa shape index (κ1) is 14.9. The predicted octanol–water partition coefficient (Wildman–Crippen LogP) is 1.16. The first-order chi connectivity index (χ1) is 10.2. The van der Waals surface area contributed by atoms with Gasteiger partial charge in [0.05, 0.1) is 26.5 Å². The van der Waals surface area contributed by atoms with Crippen molar-refractivity contribution in [2.45, 2.75) is 6.10 Å². The molecule has 1 heterocycles. The number of rotatable bonds is 6. The number of carbonyl (C=O) groups is 1. The number of aliphatic hydroxyl groups is 1. The molecule has 0 spiro atoms. The number of nitrogens with zero attached hydrogens (tertiary/aromatic N) is 1. The van der Waals surface area contributed by atoms with Crippen LogP contribution >= 0.6 is 0 Å². The minimum absolute atomic E-state index is 0.0367. The second kappa shape index (κ2) is 6.76. The predicted molar refractivity (Wildman–Crippen MR) is 73.3 cm³/mol. The topological polar surface area (TPSA) is 93.8 Å². The minimum atomic E-state index is -0.878. The molecule has 2 aromatic rings. The summed E-state index contributed by atoms with van der Waals surface area (Å²) in [5.41, 5.74) is 0.602.